The zero-order chi connectivity index (χ0) is 14.0. The molecule has 1 saturated heterocycles. The molecule has 2 rings (SSSR count). The number of hydrogen-bond donors (Lipinski definition) is 2. The van der Waals surface area contributed by atoms with Gasteiger partial charge in [0.05, 0.1) is 0 Å². The van der Waals surface area contributed by atoms with Crippen LogP contribution in [0, 0.1) is 0 Å². The number of carbonyl (C=O) groups is 2. The van der Waals surface area contributed by atoms with E-state index in [-0.39, 0.29) is 11.8 Å². The second-order valence-corrected chi connectivity index (χ2v) is 5.03. The van der Waals surface area contributed by atoms with Crippen LogP contribution in [0.2, 0.25) is 0 Å². The summed E-state index contributed by atoms with van der Waals surface area (Å²) >= 11 is 0. The molecule has 1 fully saturated rings. The number of nitrogens with zero attached hydrogens (tertiary/aromatic N) is 2. The lowest BCUT2D eigenvalue weighted by Gasteiger charge is -2.40. The van der Waals surface area contributed by atoms with Gasteiger partial charge < -0.3 is 16.0 Å². The molecule has 1 aromatic rings. The van der Waals surface area contributed by atoms with E-state index in [1.807, 2.05) is 0 Å². The van der Waals surface area contributed by atoms with E-state index < -0.39 is 5.54 Å². The SMILES string of the molecule is CC1(C)C(=O)NCCN1C(=O)c1ccc(CN)cn1. The first-order chi connectivity index (χ1) is 8.96. The number of rotatable bonds is 2. The number of aromatic nitrogens is 1. The van der Waals surface area contributed by atoms with Crippen LogP contribution in [0.25, 0.3) is 0 Å². The minimum absolute atomic E-state index is 0.148. The Morgan fingerprint density at radius 1 is 1.53 bits per heavy atom. The van der Waals surface area contributed by atoms with Crippen LogP contribution in [0.5, 0.6) is 0 Å². The molecular formula is C13H18N4O2. The van der Waals surface area contributed by atoms with Crippen molar-refractivity contribution in [3.63, 3.8) is 0 Å². The molecule has 0 aliphatic carbocycles. The molecule has 0 bridgehead atoms. The molecule has 1 aliphatic heterocycles. The van der Waals surface area contributed by atoms with Crippen LogP contribution in [0.3, 0.4) is 0 Å². The standard InChI is InChI=1S/C13H18N4O2/c1-13(2)12(19)15-5-6-17(13)11(18)10-4-3-9(7-14)8-16-10/h3-4,8H,5-7,14H2,1-2H3,(H,15,19). The van der Waals surface area contributed by atoms with E-state index in [2.05, 4.69) is 10.3 Å². The number of nitrogens with two attached hydrogens (primary N) is 1. The summed E-state index contributed by atoms with van der Waals surface area (Å²) in [6.07, 6.45) is 1.59. The summed E-state index contributed by atoms with van der Waals surface area (Å²) < 4.78 is 0. The van der Waals surface area contributed by atoms with E-state index >= 15 is 0 Å². The third-order valence-corrected chi connectivity index (χ3v) is 3.38. The lowest BCUT2D eigenvalue weighted by Crippen LogP contribution is -2.63. The summed E-state index contributed by atoms with van der Waals surface area (Å²) in [7, 11) is 0. The highest BCUT2D eigenvalue weighted by Crippen LogP contribution is 2.20. The molecule has 2 heterocycles. The smallest absolute Gasteiger partial charge is 0.273 e. The van der Waals surface area contributed by atoms with Crippen LogP contribution in [-0.2, 0) is 11.3 Å². The Hall–Kier alpha value is -1.95. The molecule has 1 aromatic heterocycles. The minimum atomic E-state index is -0.858. The molecule has 1 aliphatic rings. The summed E-state index contributed by atoms with van der Waals surface area (Å²) in [6, 6.07) is 3.42. The molecule has 0 aromatic carbocycles. The Morgan fingerprint density at radius 3 is 2.84 bits per heavy atom. The molecular weight excluding hydrogens is 244 g/mol. The second kappa shape index (κ2) is 4.97. The Labute approximate surface area is 112 Å². The monoisotopic (exact) mass is 262 g/mol. The number of nitrogens with one attached hydrogen (secondary N) is 1. The predicted octanol–water partition coefficient (Wildman–Crippen LogP) is -0.109. The summed E-state index contributed by atoms with van der Waals surface area (Å²) in [6.45, 7) is 4.80. The second-order valence-electron chi connectivity index (χ2n) is 5.03. The summed E-state index contributed by atoms with van der Waals surface area (Å²) in [4.78, 5) is 29.9. The van der Waals surface area contributed by atoms with Crippen molar-refractivity contribution in [2.24, 2.45) is 5.73 Å². The molecule has 0 saturated carbocycles. The zero-order valence-corrected chi connectivity index (χ0v) is 11.1. The van der Waals surface area contributed by atoms with Gasteiger partial charge in [0.25, 0.3) is 5.91 Å². The van der Waals surface area contributed by atoms with E-state index in [0.29, 0.717) is 25.3 Å². The molecule has 2 amide bonds. The molecule has 6 heteroatoms. The first-order valence-corrected chi connectivity index (χ1v) is 6.22. The highest BCUT2D eigenvalue weighted by atomic mass is 16.2. The lowest BCUT2D eigenvalue weighted by atomic mass is 9.98. The fourth-order valence-corrected chi connectivity index (χ4v) is 2.07. The van der Waals surface area contributed by atoms with Crippen LogP contribution in [0.4, 0.5) is 0 Å². The third-order valence-electron chi connectivity index (χ3n) is 3.38. The van der Waals surface area contributed by atoms with Gasteiger partial charge in [0.2, 0.25) is 5.91 Å². The normalized spacial score (nSPS) is 18.1. The van der Waals surface area contributed by atoms with Gasteiger partial charge >= 0.3 is 0 Å². The number of pyridine rings is 1. The number of piperazine rings is 1. The fourth-order valence-electron chi connectivity index (χ4n) is 2.07. The Bertz CT molecular complexity index is 496. The molecule has 0 atom stereocenters. The molecule has 6 nitrogen and oxygen atoms in total. The quantitative estimate of drug-likeness (QED) is 0.778. The van der Waals surface area contributed by atoms with E-state index in [1.54, 1.807) is 37.1 Å². The number of hydrogen-bond acceptors (Lipinski definition) is 4. The topological polar surface area (TPSA) is 88.3 Å². The average Bonchev–Trinajstić information content (AvgIpc) is 2.41. The Kier molecular flexibility index (Phi) is 3.53. The van der Waals surface area contributed by atoms with Crippen molar-refractivity contribution >= 4 is 11.8 Å². The highest BCUT2D eigenvalue weighted by Gasteiger charge is 2.40. The summed E-state index contributed by atoms with van der Waals surface area (Å²) in [5.41, 5.74) is 5.84. The molecule has 102 valence electrons. The van der Waals surface area contributed by atoms with Crippen molar-refractivity contribution in [1.82, 2.24) is 15.2 Å². The molecule has 0 radical (unpaired) electrons. The van der Waals surface area contributed by atoms with Gasteiger partial charge in [-0.1, -0.05) is 6.07 Å². The Balaban J connectivity index is 2.24. The lowest BCUT2D eigenvalue weighted by molar-refractivity contribution is -0.133. The van der Waals surface area contributed by atoms with Gasteiger partial charge in [-0.25, -0.2) is 0 Å². The maximum Gasteiger partial charge on any atom is 0.273 e. The summed E-state index contributed by atoms with van der Waals surface area (Å²) in [5, 5.41) is 2.76. The van der Waals surface area contributed by atoms with E-state index in [9.17, 15) is 9.59 Å². The first-order valence-electron chi connectivity index (χ1n) is 6.22. The first kappa shape index (κ1) is 13.5. The molecule has 0 spiro atoms. The van der Waals surface area contributed by atoms with Gasteiger partial charge in [-0.15, -0.1) is 0 Å². The van der Waals surface area contributed by atoms with Crippen LogP contribution in [0.1, 0.15) is 29.9 Å². The van der Waals surface area contributed by atoms with E-state index in [1.165, 1.54) is 0 Å². The van der Waals surface area contributed by atoms with Gasteiger partial charge in [-0.05, 0) is 25.5 Å². The van der Waals surface area contributed by atoms with E-state index in [0.717, 1.165) is 5.56 Å². The zero-order valence-electron chi connectivity index (χ0n) is 11.1. The van der Waals surface area contributed by atoms with Crippen LogP contribution < -0.4 is 11.1 Å². The fraction of sp³-hybridized carbons (Fsp3) is 0.462. The van der Waals surface area contributed by atoms with Crippen molar-refractivity contribution < 1.29 is 9.59 Å². The minimum Gasteiger partial charge on any atom is -0.352 e. The summed E-state index contributed by atoms with van der Waals surface area (Å²) in [5.74, 6) is -0.380. The number of amides is 2. The van der Waals surface area contributed by atoms with E-state index in [4.69, 9.17) is 5.73 Å². The average molecular weight is 262 g/mol. The van der Waals surface area contributed by atoms with Crippen LogP contribution in [-0.4, -0.2) is 40.3 Å². The maximum absolute atomic E-state index is 12.4. The predicted molar refractivity (Wildman–Crippen MR) is 70.3 cm³/mol. The van der Waals surface area contributed by atoms with Crippen molar-refractivity contribution in [2.45, 2.75) is 25.9 Å². The molecule has 19 heavy (non-hydrogen) atoms. The Morgan fingerprint density at radius 2 is 2.26 bits per heavy atom. The van der Waals surface area contributed by atoms with Gasteiger partial charge in [0, 0.05) is 25.8 Å². The van der Waals surface area contributed by atoms with Gasteiger partial charge in [0.15, 0.2) is 0 Å². The molecule has 0 unspecified atom stereocenters. The van der Waals surface area contributed by atoms with Gasteiger partial charge in [-0.2, -0.15) is 0 Å². The van der Waals surface area contributed by atoms with Crippen LogP contribution in [0.15, 0.2) is 18.3 Å². The molecule has 3 N–H and O–H groups in total. The highest BCUT2D eigenvalue weighted by molar-refractivity contribution is 5.98. The van der Waals surface area contributed by atoms with Crippen molar-refractivity contribution in [3.05, 3.63) is 29.6 Å². The van der Waals surface area contributed by atoms with Crippen molar-refractivity contribution in [3.8, 4) is 0 Å². The van der Waals surface area contributed by atoms with Crippen molar-refractivity contribution in [2.75, 3.05) is 13.1 Å². The number of carbonyl (C=O) groups excluding carboxylic acids is 2. The largest absolute Gasteiger partial charge is 0.352 e. The van der Waals surface area contributed by atoms with Gasteiger partial charge in [-0.3, -0.25) is 14.6 Å². The third kappa shape index (κ3) is 2.44. The van der Waals surface area contributed by atoms with Gasteiger partial charge in [0.1, 0.15) is 11.2 Å². The van der Waals surface area contributed by atoms with Crippen LogP contribution >= 0.6 is 0 Å². The van der Waals surface area contributed by atoms with Crippen molar-refractivity contribution in [1.29, 1.82) is 0 Å². The maximum atomic E-state index is 12.4.